The Morgan fingerprint density at radius 2 is 2.10 bits per heavy atom. The Morgan fingerprint density at radius 3 is 2.70 bits per heavy atom. The molecule has 0 saturated carbocycles. The minimum atomic E-state index is -0.475. The molecule has 0 atom stereocenters. The summed E-state index contributed by atoms with van der Waals surface area (Å²) in [5.41, 5.74) is 1.24. The minimum absolute atomic E-state index is 0.0333. The van der Waals surface area contributed by atoms with Gasteiger partial charge in [0.05, 0.1) is 21.7 Å². The number of ether oxygens (including phenoxy) is 1. The van der Waals surface area contributed by atoms with Gasteiger partial charge in [0.1, 0.15) is 5.75 Å². The first-order valence-corrected chi connectivity index (χ1v) is 5.86. The van der Waals surface area contributed by atoms with E-state index in [1.165, 1.54) is 16.8 Å². The van der Waals surface area contributed by atoms with Gasteiger partial charge in [-0.3, -0.25) is 14.9 Å². The highest BCUT2D eigenvalue weighted by Gasteiger charge is 2.19. The summed E-state index contributed by atoms with van der Waals surface area (Å²) >= 11 is 0. The van der Waals surface area contributed by atoms with Crippen LogP contribution < -0.4 is 4.74 Å². The van der Waals surface area contributed by atoms with Gasteiger partial charge >= 0.3 is 0 Å². The highest BCUT2D eigenvalue weighted by atomic mass is 16.6. The fraction of sp³-hybridized carbons (Fsp3) is 0.231. The van der Waals surface area contributed by atoms with Crippen LogP contribution in [0.4, 0.5) is 5.69 Å². The number of hydrogen-bond acceptors (Lipinski definition) is 5. The molecule has 1 aromatic carbocycles. The molecule has 7 heteroatoms. The number of benzene rings is 1. The van der Waals surface area contributed by atoms with E-state index in [0.717, 1.165) is 0 Å². The average Bonchev–Trinajstić information content (AvgIpc) is 2.65. The lowest BCUT2D eigenvalue weighted by molar-refractivity contribution is -0.385. The molecule has 0 N–H and O–H groups in total. The van der Waals surface area contributed by atoms with Gasteiger partial charge in [0, 0.05) is 13.1 Å². The monoisotopic (exact) mass is 275 g/mol. The molecule has 0 fully saturated rings. The van der Waals surface area contributed by atoms with Gasteiger partial charge in [-0.25, -0.2) is 4.68 Å². The Bertz CT molecular complexity index is 691. The summed E-state index contributed by atoms with van der Waals surface area (Å²) in [4.78, 5) is 21.5. The summed E-state index contributed by atoms with van der Waals surface area (Å²) in [6, 6.07) is 4.54. The Hall–Kier alpha value is -2.70. The highest BCUT2D eigenvalue weighted by Crippen LogP contribution is 2.32. The van der Waals surface area contributed by atoms with E-state index in [9.17, 15) is 14.9 Å². The fourth-order valence-corrected chi connectivity index (χ4v) is 1.93. The first-order chi connectivity index (χ1) is 9.45. The van der Waals surface area contributed by atoms with Crippen LogP contribution in [0.5, 0.6) is 11.6 Å². The van der Waals surface area contributed by atoms with Gasteiger partial charge in [-0.1, -0.05) is 6.07 Å². The second-order valence-corrected chi connectivity index (χ2v) is 4.31. The molecule has 0 unspecified atom stereocenters. The minimum Gasteiger partial charge on any atom is -0.438 e. The van der Waals surface area contributed by atoms with Crippen molar-refractivity contribution in [1.29, 1.82) is 0 Å². The summed E-state index contributed by atoms with van der Waals surface area (Å²) < 4.78 is 7.07. The molecule has 7 nitrogen and oxygen atoms in total. The molecule has 0 bridgehead atoms. The lowest BCUT2D eigenvalue weighted by atomic mass is 10.2. The van der Waals surface area contributed by atoms with Gasteiger partial charge in [-0.2, -0.15) is 5.10 Å². The molecule has 0 aliphatic carbocycles. The Morgan fingerprint density at radius 1 is 1.40 bits per heavy atom. The van der Waals surface area contributed by atoms with E-state index in [-0.39, 0.29) is 11.6 Å². The van der Waals surface area contributed by atoms with Crippen LogP contribution in [0, 0.1) is 24.0 Å². The predicted octanol–water partition coefficient (Wildman–Crippen LogP) is 2.55. The van der Waals surface area contributed by atoms with E-state index in [2.05, 4.69) is 5.10 Å². The molecule has 20 heavy (non-hydrogen) atoms. The van der Waals surface area contributed by atoms with E-state index in [4.69, 9.17) is 4.74 Å². The third kappa shape index (κ3) is 2.25. The van der Waals surface area contributed by atoms with E-state index >= 15 is 0 Å². The van der Waals surface area contributed by atoms with Gasteiger partial charge in [0.25, 0.3) is 5.69 Å². The van der Waals surface area contributed by atoms with Crippen LogP contribution >= 0.6 is 0 Å². The summed E-state index contributed by atoms with van der Waals surface area (Å²) in [5.74, 6) is 0.589. The number of carbonyl (C=O) groups is 1. The predicted molar refractivity (Wildman–Crippen MR) is 71.2 cm³/mol. The van der Waals surface area contributed by atoms with E-state index < -0.39 is 4.92 Å². The molecule has 0 amide bonds. The van der Waals surface area contributed by atoms with E-state index in [1.54, 1.807) is 27.0 Å². The van der Waals surface area contributed by atoms with Crippen LogP contribution in [0.15, 0.2) is 18.2 Å². The molecule has 2 aromatic rings. The quantitative estimate of drug-likeness (QED) is 0.486. The molecule has 0 spiro atoms. The number of aryl methyl sites for hydroxylation is 2. The van der Waals surface area contributed by atoms with Crippen molar-refractivity contribution < 1.29 is 14.5 Å². The molecule has 0 radical (unpaired) electrons. The number of rotatable bonds is 4. The van der Waals surface area contributed by atoms with Crippen molar-refractivity contribution in [2.45, 2.75) is 13.8 Å². The van der Waals surface area contributed by atoms with Crippen molar-refractivity contribution in [3.8, 4) is 11.6 Å². The molecule has 0 aliphatic heterocycles. The molecule has 0 aliphatic rings. The number of carbonyl (C=O) groups excluding carboxylic acids is 1. The first kappa shape index (κ1) is 13.7. The van der Waals surface area contributed by atoms with Crippen molar-refractivity contribution in [2.24, 2.45) is 7.05 Å². The number of nitro benzene ring substituents is 1. The lowest BCUT2D eigenvalue weighted by Crippen LogP contribution is -1.99. The van der Waals surface area contributed by atoms with Crippen molar-refractivity contribution >= 4 is 12.0 Å². The van der Waals surface area contributed by atoms with Crippen molar-refractivity contribution in [3.63, 3.8) is 0 Å². The highest BCUT2D eigenvalue weighted by molar-refractivity contribution is 5.80. The molecule has 0 saturated heterocycles. The smallest absolute Gasteiger partial charge is 0.276 e. The lowest BCUT2D eigenvalue weighted by Gasteiger charge is -2.09. The normalized spacial score (nSPS) is 10.3. The maximum Gasteiger partial charge on any atom is 0.276 e. The SMILES string of the molecule is Cc1nn(C)c(Oc2cccc([N+](=O)[O-])c2C)c1C=O. The van der Waals surface area contributed by atoms with Crippen LogP contribution in [0.1, 0.15) is 21.6 Å². The number of hydrogen-bond donors (Lipinski definition) is 0. The molecule has 104 valence electrons. The van der Waals surface area contributed by atoms with Crippen LogP contribution in [-0.4, -0.2) is 21.0 Å². The van der Waals surface area contributed by atoms with Gasteiger partial charge in [0.2, 0.25) is 5.88 Å². The largest absolute Gasteiger partial charge is 0.438 e. The summed E-state index contributed by atoms with van der Waals surface area (Å²) in [6.45, 7) is 3.29. The van der Waals surface area contributed by atoms with Gasteiger partial charge in [0.15, 0.2) is 6.29 Å². The Balaban J connectivity index is 2.48. The van der Waals surface area contributed by atoms with Crippen molar-refractivity contribution in [2.75, 3.05) is 0 Å². The number of aldehydes is 1. The summed E-state index contributed by atoms with van der Waals surface area (Å²) in [6.07, 6.45) is 0.657. The van der Waals surface area contributed by atoms with E-state index in [0.29, 0.717) is 28.9 Å². The maximum atomic E-state index is 11.1. The van der Waals surface area contributed by atoms with E-state index in [1.807, 2.05) is 0 Å². The maximum absolute atomic E-state index is 11.1. The first-order valence-electron chi connectivity index (χ1n) is 5.86. The second-order valence-electron chi connectivity index (χ2n) is 4.31. The zero-order valence-corrected chi connectivity index (χ0v) is 11.3. The third-order valence-corrected chi connectivity index (χ3v) is 2.99. The van der Waals surface area contributed by atoms with Crippen LogP contribution in [-0.2, 0) is 7.05 Å². The van der Waals surface area contributed by atoms with Gasteiger partial charge < -0.3 is 4.74 Å². The average molecular weight is 275 g/mol. The third-order valence-electron chi connectivity index (χ3n) is 2.99. The topological polar surface area (TPSA) is 87.3 Å². The second kappa shape index (κ2) is 5.12. The molecule has 1 heterocycles. The molecule has 2 rings (SSSR count). The van der Waals surface area contributed by atoms with Crippen molar-refractivity contribution in [3.05, 3.63) is 45.1 Å². The molecular weight excluding hydrogens is 262 g/mol. The Kier molecular flexibility index (Phi) is 3.51. The number of nitro groups is 1. The standard InChI is InChI=1S/C13H13N3O4/c1-8-11(16(18)19)5-4-6-12(8)20-13-10(7-17)9(2)14-15(13)3/h4-7H,1-3H3. The molecule has 1 aromatic heterocycles. The fourth-order valence-electron chi connectivity index (χ4n) is 1.93. The van der Waals surface area contributed by atoms with Crippen LogP contribution in [0.2, 0.25) is 0 Å². The zero-order chi connectivity index (χ0) is 14.9. The Labute approximate surface area is 114 Å². The molecular formula is C13H13N3O4. The van der Waals surface area contributed by atoms with Crippen LogP contribution in [0.25, 0.3) is 0 Å². The summed E-state index contributed by atoms with van der Waals surface area (Å²) in [5, 5.41) is 15.0. The number of nitrogens with zero attached hydrogens (tertiary/aromatic N) is 3. The number of aromatic nitrogens is 2. The van der Waals surface area contributed by atoms with Crippen molar-refractivity contribution in [1.82, 2.24) is 9.78 Å². The van der Waals surface area contributed by atoms with Gasteiger partial charge in [-0.05, 0) is 19.9 Å². The van der Waals surface area contributed by atoms with Gasteiger partial charge in [-0.15, -0.1) is 0 Å². The van der Waals surface area contributed by atoms with Crippen LogP contribution in [0.3, 0.4) is 0 Å². The zero-order valence-electron chi connectivity index (χ0n) is 11.3. The summed E-state index contributed by atoms with van der Waals surface area (Å²) in [7, 11) is 1.64.